The second kappa shape index (κ2) is 6.57. The number of amides is 1. The zero-order chi connectivity index (χ0) is 14.6. The van der Waals surface area contributed by atoms with E-state index in [1.807, 2.05) is 58.0 Å². The minimum absolute atomic E-state index is 0.122. The molecule has 0 aromatic heterocycles. The molecule has 0 saturated carbocycles. The van der Waals surface area contributed by atoms with Crippen LogP contribution in [0.5, 0.6) is 0 Å². The van der Waals surface area contributed by atoms with Crippen LogP contribution in [0, 0.1) is 12.8 Å². The largest absolute Gasteiger partial charge is 0.377 e. The fourth-order valence-corrected chi connectivity index (χ4v) is 1.91. The van der Waals surface area contributed by atoms with E-state index in [9.17, 15) is 4.79 Å². The highest BCUT2D eigenvalue weighted by molar-refractivity contribution is 5.95. The summed E-state index contributed by atoms with van der Waals surface area (Å²) in [4.78, 5) is 14.1. The number of nitrogens with one attached hydrogen (secondary N) is 1. The molecule has 106 valence electrons. The molecule has 4 nitrogen and oxygen atoms in total. The van der Waals surface area contributed by atoms with Crippen LogP contribution in [0.2, 0.25) is 0 Å². The molecule has 0 aliphatic rings. The van der Waals surface area contributed by atoms with Gasteiger partial charge in [0.25, 0.3) is 0 Å². The van der Waals surface area contributed by atoms with Crippen molar-refractivity contribution in [2.75, 3.05) is 24.3 Å². The quantitative estimate of drug-likeness (QED) is 0.857. The minimum atomic E-state index is -0.464. The molecule has 0 aliphatic heterocycles. The number of nitrogens with two attached hydrogens (primary N) is 1. The number of hydrogen-bond donors (Lipinski definition) is 2. The van der Waals surface area contributed by atoms with Gasteiger partial charge < -0.3 is 16.0 Å². The van der Waals surface area contributed by atoms with Crippen molar-refractivity contribution in [1.29, 1.82) is 0 Å². The summed E-state index contributed by atoms with van der Waals surface area (Å²) < 4.78 is 0. The van der Waals surface area contributed by atoms with Crippen LogP contribution in [0.1, 0.15) is 25.8 Å². The third-order valence-corrected chi connectivity index (χ3v) is 3.52. The van der Waals surface area contributed by atoms with Gasteiger partial charge >= 0.3 is 0 Å². The minimum Gasteiger partial charge on any atom is -0.377 e. The highest BCUT2D eigenvalue weighted by Crippen LogP contribution is 2.22. The second-order valence-electron chi connectivity index (χ2n) is 5.30. The van der Waals surface area contributed by atoms with Gasteiger partial charge in [0, 0.05) is 25.5 Å². The zero-order valence-corrected chi connectivity index (χ0v) is 12.5. The molecule has 4 heteroatoms. The number of aryl methyl sites for hydroxylation is 1. The number of carbonyl (C=O) groups is 1. The Bertz CT molecular complexity index is 443. The van der Waals surface area contributed by atoms with Gasteiger partial charge in [0.1, 0.15) is 0 Å². The molecule has 1 amide bonds. The van der Waals surface area contributed by atoms with Crippen molar-refractivity contribution >= 4 is 17.3 Å². The molecule has 0 heterocycles. The third-order valence-electron chi connectivity index (χ3n) is 3.52. The van der Waals surface area contributed by atoms with Crippen LogP contribution in [0.15, 0.2) is 18.2 Å². The van der Waals surface area contributed by atoms with Crippen LogP contribution < -0.4 is 16.0 Å². The Balaban J connectivity index is 2.83. The monoisotopic (exact) mass is 263 g/mol. The van der Waals surface area contributed by atoms with Gasteiger partial charge in [0.2, 0.25) is 5.91 Å². The highest BCUT2D eigenvalue weighted by Gasteiger charge is 2.19. The summed E-state index contributed by atoms with van der Waals surface area (Å²) in [5.41, 5.74) is 8.98. The van der Waals surface area contributed by atoms with Gasteiger partial charge in [-0.3, -0.25) is 4.79 Å². The first kappa shape index (κ1) is 15.5. The molecule has 0 radical (unpaired) electrons. The van der Waals surface area contributed by atoms with Crippen LogP contribution in [0.4, 0.5) is 11.4 Å². The maximum atomic E-state index is 12.0. The highest BCUT2D eigenvalue weighted by atomic mass is 16.2. The van der Waals surface area contributed by atoms with Crippen molar-refractivity contribution in [3.05, 3.63) is 23.8 Å². The van der Waals surface area contributed by atoms with Crippen molar-refractivity contribution in [2.24, 2.45) is 11.7 Å². The third kappa shape index (κ3) is 3.96. The average molecular weight is 263 g/mol. The van der Waals surface area contributed by atoms with E-state index in [0.717, 1.165) is 17.8 Å². The number of benzene rings is 1. The van der Waals surface area contributed by atoms with E-state index in [0.29, 0.717) is 0 Å². The summed E-state index contributed by atoms with van der Waals surface area (Å²) in [6, 6.07) is 5.41. The van der Waals surface area contributed by atoms with Crippen molar-refractivity contribution in [2.45, 2.75) is 33.2 Å². The lowest BCUT2D eigenvalue weighted by Crippen LogP contribution is -2.40. The molecule has 0 fully saturated rings. The molecule has 19 heavy (non-hydrogen) atoms. The standard InChI is InChI=1S/C15H25N3O/c1-6-10(2)14(16)15(19)17-12-8-7-11(3)13(9-12)18(4)5/h7-10,14H,6,16H2,1-5H3,(H,17,19)/t10-,14-/m0/s1. The Labute approximate surface area is 116 Å². The SMILES string of the molecule is CC[C@H](C)[C@H](N)C(=O)Nc1ccc(C)c(N(C)C)c1. The van der Waals surface area contributed by atoms with E-state index >= 15 is 0 Å². The van der Waals surface area contributed by atoms with Crippen LogP contribution in [0.25, 0.3) is 0 Å². The van der Waals surface area contributed by atoms with E-state index in [-0.39, 0.29) is 11.8 Å². The maximum Gasteiger partial charge on any atom is 0.241 e. The Morgan fingerprint density at radius 2 is 2.05 bits per heavy atom. The van der Waals surface area contributed by atoms with E-state index in [1.54, 1.807) is 0 Å². The molecule has 3 N–H and O–H groups in total. The molecule has 1 aromatic carbocycles. The summed E-state index contributed by atoms with van der Waals surface area (Å²) in [5.74, 6) is 0.0571. The first-order valence-corrected chi connectivity index (χ1v) is 6.71. The Hall–Kier alpha value is -1.55. The first-order valence-electron chi connectivity index (χ1n) is 6.71. The van der Waals surface area contributed by atoms with Gasteiger partial charge in [0.15, 0.2) is 0 Å². The van der Waals surface area contributed by atoms with E-state index < -0.39 is 6.04 Å². The smallest absolute Gasteiger partial charge is 0.241 e. The molecule has 0 spiro atoms. The Morgan fingerprint density at radius 1 is 1.42 bits per heavy atom. The van der Waals surface area contributed by atoms with Gasteiger partial charge in [0.05, 0.1) is 6.04 Å². The summed E-state index contributed by atoms with van der Waals surface area (Å²) in [7, 11) is 3.97. The van der Waals surface area contributed by atoms with Gasteiger partial charge in [-0.25, -0.2) is 0 Å². The molecule has 0 bridgehead atoms. The summed E-state index contributed by atoms with van der Waals surface area (Å²) in [6.45, 7) is 6.07. The fourth-order valence-electron chi connectivity index (χ4n) is 1.91. The van der Waals surface area contributed by atoms with Crippen molar-refractivity contribution in [1.82, 2.24) is 0 Å². The lowest BCUT2D eigenvalue weighted by Gasteiger charge is -2.20. The van der Waals surface area contributed by atoms with Crippen LogP contribution in [-0.4, -0.2) is 26.0 Å². The van der Waals surface area contributed by atoms with Gasteiger partial charge in [-0.2, -0.15) is 0 Å². The molecule has 1 rings (SSSR count). The van der Waals surface area contributed by atoms with Crippen molar-refractivity contribution in [3.63, 3.8) is 0 Å². The predicted octanol–water partition coefficient (Wildman–Crippen LogP) is 2.37. The fraction of sp³-hybridized carbons (Fsp3) is 0.533. The van der Waals surface area contributed by atoms with Gasteiger partial charge in [-0.15, -0.1) is 0 Å². The molecule has 0 saturated heterocycles. The molecular weight excluding hydrogens is 238 g/mol. The summed E-state index contributed by atoms with van der Waals surface area (Å²) >= 11 is 0. The topological polar surface area (TPSA) is 58.4 Å². The number of rotatable bonds is 5. The molecule has 2 atom stereocenters. The van der Waals surface area contributed by atoms with Crippen molar-refractivity contribution in [3.8, 4) is 0 Å². The average Bonchev–Trinajstić information content (AvgIpc) is 2.38. The molecular formula is C15H25N3O. The zero-order valence-electron chi connectivity index (χ0n) is 12.5. The normalized spacial score (nSPS) is 13.8. The van der Waals surface area contributed by atoms with Crippen LogP contribution in [-0.2, 0) is 4.79 Å². The lowest BCUT2D eigenvalue weighted by atomic mass is 9.99. The van der Waals surface area contributed by atoms with Gasteiger partial charge in [-0.05, 0) is 30.5 Å². The molecule has 0 aliphatic carbocycles. The van der Waals surface area contributed by atoms with Crippen molar-refractivity contribution < 1.29 is 4.79 Å². The van der Waals surface area contributed by atoms with E-state index in [4.69, 9.17) is 5.73 Å². The number of hydrogen-bond acceptors (Lipinski definition) is 3. The predicted molar refractivity (Wildman–Crippen MR) is 81.6 cm³/mol. The summed E-state index contributed by atoms with van der Waals surface area (Å²) in [5, 5.41) is 2.89. The van der Waals surface area contributed by atoms with E-state index in [1.165, 1.54) is 5.56 Å². The maximum absolute atomic E-state index is 12.0. The molecule has 0 unspecified atom stereocenters. The first-order chi connectivity index (χ1) is 8.86. The van der Waals surface area contributed by atoms with E-state index in [2.05, 4.69) is 5.32 Å². The number of carbonyl (C=O) groups excluding carboxylic acids is 1. The van der Waals surface area contributed by atoms with Gasteiger partial charge in [-0.1, -0.05) is 26.3 Å². The van der Waals surface area contributed by atoms with Crippen LogP contribution >= 0.6 is 0 Å². The summed E-state index contributed by atoms with van der Waals surface area (Å²) in [6.07, 6.45) is 0.894. The lowest BCUT2D eigenvalue weighted by molar-refractivity contribution is -0.118. The second-order valence-corrected chi connectivity index (χ2v) is 5.30. The van der Waals surface area contributed by atoms with Crippen LogP contribution in [0.3, 0.4) is 0 Å². The Morgan fingerprint density at radius 3 is 2.58 bits per heavy atom. The Kier molecular flexibility index (Phi) is 5.36. The number of anilines is 2. The molecule has 1 aromatic rings. The number of nitrogens with zero attached hydrogens (tertiary/aromatic N) is 1.